The molecule has 2 heterocycles. The van der Waals surface area contributed by atoms with Crippen molar-refractivity contribution in [3.8, 4) is 11.5 Å². The van der Waals surface area contributed by atoms with Crippen LogP contribution >= 0.6 is 15.9 Å². The van der Waals surface area contributed by atoms with Crippen molar-refractivity contribution in [2.75, 3.05) is 18.5 Å². The van der Waals surface area contributed by atoms with Gasteiger partial charge < -0.3 is 19.5 Å². The lowest BCUT2D eigenvalue weighted by molar-refractivity contribution is -0.139. The van der Waals surface area contributed by atoms with E-state index in [0.29, 0.717) is 64.0 Å². The molecule has 1 atom stereocenters. The van der Waals surface area contributed by atoms with Gasteiger partial charge in [-0.2, -0.15) is 4.68 Å². The van der Waals surface area contributed by atoms with Gasteiger partial charge in [-0.3, -0.25) is 0 Å². The highest BCUT2D eigenvalue weighted by atomic mass is 79.9. The van der Waals surface area contributed by atoms with Crippen molar-refractivity contribution in [3.05, 3.63) is 69.1 Å². The number of anilines is 1. The van der Waals surface area contributed by atoms with Gasteiger partial charge in [0.25, 0.3) is 0 Å². The van der Waals surface area contributed by atoms with Gasteiger partial charge in [-0.15, -0.1) is 0 Å². The predicted molar refractivity (Wildman–Crippen MR) is 130 cm³/mol. The van der Waals surface area contributed by atoms with Gasteiger partial charge in [-0.05, 0) is 70.4 Å². The average molecular weight is 546 g/mol. The minimum atomic E-state index is -0.665. The highest BCUT2D eigenvalue weighted by Gasteiger charge is 2.36. The summed E-state index contributed by atoms with van der Waals surface area (Å²) >= 11 is 3.56. The summed E-state index contributed by atoms with van der Waals surface area (Å²) in [6.45, 7) is 6.23. The van der Waals surface area contributed by atoms with E-state index in [0.717, 1.165) is 0 Å². The standard InChI is InChI=1S/C24H25BrFN5O4/c1-4-10-34-23(32)20-14(3)27-24-28-29-30-31(24)21(20)16-11-17(25)22(19(12-16)33-5-2)35-13-15-8-6-7-9-18(15)26/h6-9,11-12,21H,4-5,10,13H2,1-3H3,(H,27,28,30). The lowest BCUT2D eigenvalue weighted by atomic mass is 9.95. The number of nitrogens with one attached hydrogen (secondary N) is 1. The highest BCUT2D eigenvalue weighted by Crippen LogP contribution is 2.43. The fraction of sp³-hybridized carbons (Fsp3) is 0.333. The summed E-state index contributed by atoms with van der Waals surface area (Å²) in [7, 11) is 0. The second kappa shape index (κ2) is 10.9. The molecule has 0 fully saturated rings. The van der Waals surface area contributed by atoms with Crippen LogP contribution < -0.4 is 14.8 Å². The molecule has 35 heavy (non-hydrogen) atoms. The molecule has 0 saturated heterocycles. The van der Waals surface area contributed by atoms with Gasteiger partial charge in [-0.1, -0.05) is 30.2 Å². The maximum absolute atomic E-state index is 14.1. The molecule has 0 aliphatic carbocycles. The number of aromatic nitrogens is 4. The predicted octanol–water partition coefficient (Wildman–Crippen LogP) is 4.79. The number of carbonyl (C=O) groups is 1. The van der Waals surface area contributed by atoms with Crippen molar-refractivity contribution in [2.45, 2.75) is 39.8 Å². The molecule has 11 heteroatoms. The Morgan fingerprint density at radius 3 is 2.77 bits per heavy atom. The number of tetrazole rings is 1. The fourth-order valence-corrected chi connectivity index (χ4v) is 4.35. The first-order chi connectivity index (χ1) is 16.9. The van der Waals surface area contributed by atoms with E-state index in [1.54, 1.807) is 37.3 Å². The number of hydrogen-bond donors (Lipinski definition) is 1. The third-order valence-electron chi connectivity index (χ3n) is 5.35. The van der Waals surface area contributed by atoms with Crippen LogP contribution in [0.2, 0.25) is 0 Å². The molecule has 184 valence electrons. The Hall–Kier alpha value is -3.47. The molecule has 9 nitrogen and oxygen atoms in total. The summed E-state index contributed by atoms with van der Waals surface area (Å²) in [4.78, 5) is 13.0. The van der Waals surface area contributed by atoms with Gasteiger partial charge in [-0.25, -0.2) is 9.18 Å². The van der Waals surface area contributed by atoms with Crippen molar-refractivity contribution in [1.82, 2.24) is 20.2 Å². The van der Waals surface area contributed by atoms with E-state index >= 15 is 0 Å². The summed E-state index contributed by atoms with van der Waals surface area (Å²) in [5.74, 6) is 0.432. The number of fused-ring (bicyclic) bond motifs is 1. The van der Waals surface area contributed by atoms with Gasteiger partial charge in [0.15, 0.2) is 11.5 Å². The number of allylic oxidation sites excluding steroid dienone is 1. The van der Waals surface area contributed by atoms with E-state index in [9.17, 15) is 9.18 Å². The molecule has 1 aromatic heterocycles. The normalized spacial score (nSPS) is 14.8. The van der Waals surface area contributed by atoms with Crippen LogP contribution in [0.5, 0.6) is 11.5 Å². The number of esters is 1. The van der Waals surface area contributed by atoms with E-state index in [4.69, 9.17) is 14.2 Å². The lowest BCUT2D eigenvalue weighted by Gasteiger charge is -2.28. The molecule has 1 aliphatic rings. The van der Waals surface area contributed by atoms with Crippen LogP contribution in [0, 0.1) is 5.82 Å². The van der Waals surface area contributed by atoms with Crippen LogP contribution in [0.3, 0.4) is 0 Å². The monoisotopic (exact) mass is 545 g/mol. The van der Waals surface area contributed by atoms with Crippen LogP contribution in [0.15, 0.2) is 52.1 Å². The molecule has 2 aromatic carbocycles. The van der Waals surface area contributed by atoms with Crippen molar-refractivity contribution < 1.29 is 23.4 Å². The van der Waals surface area contributed by atoms with E-state index < -0.39 is 12.0 Å². The van der Waals surface area contributed by atoms with Gasteiger partial charge >= 0.3 is 5.97 Å². The zero-order valence-corrected chi connectivity index (χ0v) is 21.1. The molecule has 1 unspecified atom stereocenters. The third-order valence-corrected chi connectivity index (χ3v) is 5.94. The number of halogens is 2. The molecule has 1 N–H and O–H groups in total. The molecule has 0 radical (unpaired) electrons. The Morgan fingerprint density at radius 2 is 2.03 bits per heavy atom. The van der Waals surface area contributed by atoms with E-state index in [-0.39, 0.29) is 12.4 Å². The molecule has 4 rings (SSSR count). The Morgan fingerprint density at radius 1 is 1.23 bits per heavy atom. The molecule has 1 aliphatic heterocycles. The number of nitrogens with zero attached hydrogens (tertiary/aromatic N) is 4. The van der Waals surface area contributed by atoms with Crippen LogP contribution in [0.1, 0.15) is 44.4 Å². The fourth-order valence-electron chi connectivity index (χ4n) is 3.77. The SMILES string of the molecule is CCCOC(=O)C1=C(C)Nc2nnnn2C1c1cc(Br)c(OCc2ccccc2F)c(OCC)c1. The molecule has 0 spiro atoms. The maximum Gasteiger partial charge on any atom is 0.338 e. The topological polar surface area (TPSA) is 100 Å². The van der Waals surface area contributed by atoms with Crippen molar-refractivity contribution in [3.63, 3.8) is 0 Å². The molecule has 0 bridgehead atoms. The minimum absolute atomic E-state index is 0.0167. The Bertz CT molecular complexity index is 1260. The second-order valence-electron chi connectivity index (χ2n) is 7.79. The maximum atomic E-state index is 14.1. The summed E-state index contributed by atoms with van der Waals surface area (Å²) in [6.07, 6.45) is 0.695. The highest BCUT2D eigenvalue weighted by molar-refractivity contribution is 9.10. The number of hydrogen-bond acceptors (Lipinski definition) is 8. The van der Waals surface area contributed by atoms with E-state index in [1.165, 1.54) is 10.7 Å². The first-order valence-electron chi connectivity index (χ1n) is 11.2. The van der Waals surface area contributed by atoms with E-state index in [1.807, 2.05) is 13.8 Å². The number of ether oxygens (including phenoxy) is 3. The van der Waals surface area contributed by atoms with Gasteiger partial charge in [0.05, 0.1) is 23.3 Å². The van der Waals surface area contributed by atoms with Crippen LogP contribution in [-0.4, -0.2) is 39.4 Å². The van der Waals surface area contributed by atoms with Gasteiger partial charge in [0.2, 0.25) is 5.95 Å². The Kier molecular flexibility index (Phi) is 7.64. The zero-order chi connectivity index (χ0) is 24.9. The molecular formula is C24H25BrFN5O4. The molecule has 0 saturated carbocycles. The smallest absolute Gasteiger partial charge is 0.338 e. The molecule has 0 amide bonds. The number of carbonyl (C=O) groups excluding carboxylic acids is 1. The summed E-state index contributed by atoms with van der Waals surface area (Å²) in [5, 5.41) is 14.9. The average Bonchev–Trinajstić information content (AvgIpc) is 3.30. The largest absolute Gasteiger partial charge is 0.490 e. The van der Waals surface area contributed by atoms with Gasteiger partial charge in [0, 0.05) is 11.3 Å². The molecule has 3 aromatic rings. The van der Waals surface area contributed by atoms with E-state index in [2.05, 4.69) is 36.8 Å². The Labute approximate surface area is 210 Å². The summed E-state index contributed by atoms with van der Waals surface area (Å²) < 4.78 is 33.5. The van der Waals surface area contributed by atoms with Crippen molar-refractivity contribution >= 4 is 27.8 Å². The van der Waals surface area contributed by atoms with Crippen LogP contribution in [0.25, 0.3) is 0 Å². The Balaban J connectivity index is 1.75. The second-order valence-corrected chi connectivity index (χ2v) is 8.65. The van der Waals surface area contributed by atoms with Crippen molar-refractivity contribution in [1.29, 1.82) is 0 Å². The first-order valence-corrected chi connectivity index (χ1v) is 12.0. The zero-order valence-electron chi connectivity index (χ0n) is 19.5. The third kappa shape index (κ3) is 5.14. The summed E-state index contributed by atoms with van der Waals surface area (Å²) in [6, 6.07) is 9.33. The number of benzene rings is 2. The summed E-state index contributed by atoms with van der Waals surface area (Å²) in [5.41, 5.74) is 2.07. The van der Waals surface area contributed by atoms with Crippen LogP contribution in [-0.2, 0) is 16.1 Å². The molecular weight excluding hydrogens is 521 g/mol. The lowest BCUT2D eigenvalue weighted by Crippen LogP contribution is -2.30. The quantitative estimate of drug-likeness (QED) is 0.383. The minimum Gasteiger partial charge on any atom is -0.490 e. The first kappa shape index (κ1) is 24.6. The van der Waals surface area contributed by atoms with Gasteiger partial charge in [0.1, 0.15) is 18.5 Å². The number of rotatable bonds is 9. The van der Waals surface area contributed by atoms with Crippen LogP contribution in [0.4, 0.5) is 10.3 Å². The van der Waals surface area contributed by atoms with Crippen molar-refractivity contribution in [2.24, 2.45) is 0 Å².